The number of rotatable bonds is 2. The maximum atomic E-state index is 12.5. The number of carbonyl (C=O) groups is 1. The second-order valence-electron chi connectivity index (χ2n) is 5.48. The number of hydrogen-bond donors (Lipinski definition) is 1. The lowest BCUT2D eigenvalue weighted by Gasteiger charge is -2.34. The van der Waals surface area contributed by atoms with Crippen LogP contribution in [0.15, 0.2) is 24.3 Å². The fraction of sp³-hybridized carbons (Fsp3) is 0.500. The number of hydrogen-bond acceptors (Lipinski definition) is 3. The van der Waals surface area contributed by atoms with Crippen molar-refractivity contribution in [2.45, 2.75) is 24.7 Å². The molecule has 1 heterocycles. The topological polar surface area (TPSA) is 41.6 Å². The van der Waals surface area contributed by atoms with Crippen molar-refractivity contribution in [2.24, 2.45) is 0 Å². The monoisotopic (exact) mass is 300 g/mol. The van der Waals surface area contributed by atoms with Crippen LogP contribution in [0.2, 0.25) is 0 Å². The van der Waals surface area contributed by atoms with Crippen molar-refractivity contribution in [2.75, 3.05) is 19.6 Å². The van der Waals surface area contributed by atoms with Crippen molar-refractivity contribution >= 4 is 5.91 Å². The van der Waals surface area contributed by atoms with E-state index < -0.39 is 18.0 Å². The van der Waals surface area contributed by atoms with E-state index in [9.17, 15) is 18.0 Å². The smallest absolute Gasteiger partial charge is 0.405 e. The van der Waals surface area contributed by atoms with Crippen molar-refractivity contribution < 1.29 is 22.7 Å². The highest BCUT2D eigenvalue weighted by atomic mass is 19.4. The quantitative estimate of drug-likeness (QED) is 0.910. The van der Waals surface area contributed by atoms with Gasteiger partial charge in [0.05, 0.1) is 5.56 Å². The van der Waals surface area contributed by atoms with Gasteiger partial charge in [0, 0.05) is 25.2 Å². The lowest BCUT2D eigenvalue weighted by molar-refractivity contribution is -0.274. The average Bonchev–Trinajstić information content (AvgIpc) is 3.16. The summed E-state index contributed by atoms with van der Waals surface area (Å²) in [6, 6.07) is 5.48. The van der Waals surface area contributed by atoms with Gasteiger partial charge in [-0.3, -0.25) is 4.79 Å². The van der Waals surface area contributed by atoms with E-state index in [4.69, 9.17) is 0 Å². The third-order valence-corrected chi connectivity index (χ3v) is 3.86. The Kier molecular flexibility index (Phi) is 3.32. The maximum Gasteiger partial charge on any atom is 0.573 e. The average molecular weight is 300 g/mol. The zero-order valence-corrected chi connectivity index (χ0v) is 11.2. The van der Waals surface area contributed by atoms with Crippen LogP contribution in [0.4, 0.5) is 13.2 Å². The number of amides is 1. The standard InChI is InChI=1S/C14H15F3N2O2/c15-14(16,17)21-11-4-2-1-3-10(11)12(20)19-8-7-18-13(9-19)5-6-13/h1-4,18H,5-9H2. The Morgan fingerprint density at radius 2 is 2.00 bits per heavy atom. The molecule has 0 aromatic heterocycles. The molecule has 1 aliphatic heterocycles. The van der Waals surface area contributed by atoms with Gasteiger partial charge in [-0.05, 0) is 25.0 Å². The Hall–Kier alpha value is -1.76. The van der Waals surface area contributed by atoms with Crippen molar-refractivity contribution in [3.8, 4) is 5.75 Å². The van der Waals surface area contributed by atoms with Gasteiger partial charge in [0.2, 0.25) is 0 Å². The number of benzene rings is 1. The van der Waals surface area contributed by atoms with Crippen LogP contribution in [0.25, 0.3) is 0 Å². The van der Waals surface area contributed by atoms with Gasteiger partial charge >= 0.3 is 6.36 Å². The molecule has 3 rings (SSSR count). The Morgan fingerprint density at radius 3 is 2.67 bits per heavy atom. The fourth-order valence-electron chi connectivity index (χ4n) is 2.64. The molecule has 4 nitrogen and oxygen atoms in total. The molecule has 2 fully saturated rings. The first-order chi connectivity index (χ1) is 9.89. The zero-order valence-electron chi connectivity index (χ0n) is 11.2. The zero-order chi connectivity index (χ0) is 15.1. The lowest BCUT2D eigenvalue weighted by atomic mass is 10.1. The summed E-state index contributed by atoms with van der Waals surface area (Å²) in [5, 5.41) is 3.35. The summed E-state index contributed by atoms with van der Waals surface area (Å²) in [7, 11) is 0. The summed E-state index contributed by atoms with van der Waals surface area (Å²) >= 11 is 0. The molecule has 21 heavy (non-hydrogen) atoms. The highest BCUT2D eigenvalue weighted by Gasteiger charge is 2.46. The molecular weight excluding hydrogens is 285 g/mol. The molecule has 0 bridgehead atoms. The van der Waals surface area contributed by atoms with Gasteiger partial charge in [-0.1, -0.05) is 12.1 Å². The molecule has 0 atom stereocenters. The van der Waals surface area contributed by atoms with Gasteiger partial charge in [-0.2, -0.15) is 0 Å². The van der Waals surface area contributed by atoms with E-state index in [0.29, 0.717) is 19.6 Å². The number of ether oxygens (including phenoxy) is 1. The van der Waals surface area contributed by atoms with Gasteiger partial charge in [0.25, 0.3) is 5.91 Å². The molecule has 1 N–H and O–H groups in total. The van der Waals surface area contributed by atoms with Crippen LogP contribution in [-0.4, -0.2) is 42.3 Å². The summed E-state index contributed by atoms with van der Waals surface area (Å²) in [5.41, 5.74) is -0.0687. The Bertz CT molecular complexity index is 555. The molecule has 0 unspecified atom stereocenters. The highest BCUT2D eigenvalue weighted by Crippen LogP contribution is 2.38. The van der Waals surface area contributed by atoms with E-state index in [-0.39, 0.29) is 11.1 Å². The first kappa shape index (κ1) is 14.2. The summed E-state index contributed by atoms with van der Waals surface area (Å²) in [5.74, 6) is -0.860. The van der Waals surface area contributed by atoms with E-state index in [0.717, 1.165) is 18.9 Å². The number of nitrogens with one attached hydrogen (secondary N) is 1. The summed E-state index contributed by atoms with van der Waals surface area (Å²) in [6.07, 6.45) is -2.81. The number of nitrogens with zero attached hydrogens (tertiary/aromatic N) is 1. The van der Waals surface area contributed by atoms with Gasteiger partial charge in [-0.15, -0.1) is 13.2 Å². The van der Waals surface area contributed by atoms with Crippen molar-refractivity contribution in [3.05, 3.63) is 29.8 Å². The largest absolute Gasteiger partial charge is 0.573 e. The number of carbonyl (C=O) groups excluding carboxylic acids is 1. The predicted octanol–water partition coefficient (Wildman–Crippen LogP) is 2.16. The van der Waals surface area contributed by atoms with Gasteiger partial charge < -0.3 is 15.0 Å². The highest BCUT2D eigenvalue weighted by molar-refractivity contribution is 5.97. The molecule has 1 aromatic carbocycles. The fourth-order valence-corrected chi connectivity index (χ4v) is 2.64. The minimum absolute atomic E-state index is 0.0201. The van der Waals surface area contributed by atoms with Crippen LogP contribution < -0.4 is 10.1 Å². The van der Waals surface area contributed by atoms with Crippen LogP contribution >= 0.6 is 0 Å². The van der Waals surface area contributed by atoms with E-state index in [1.807, 2.05) is 0 Å². The molecule has 1 aromatic rings. The Balaban J connectivity index is 1.81. The molecule has 1 saturated heterocycles. The van der Waals surface area contributed by atoms with E-state index in [1.165, 1.54) is 18.2 Å². The Labute approximate surface area is 119 Å². The van der Waals surface area contributed by atoms with Crippen molar-refractivity contribution in [1.29, 1.82) is 0 Å². The predicted molar refractivity (Wildman–Crippen MR) is 69.0 cm³/mol. The summed E-state index contributed by atoms with van der Waals surface area (Å²) < 4.78 is 41.2. The Morgan fingerprint density at radius 1 is 1.29 bits per heavy atom. The number of halogens is 3. The van der Waals surface area contributed by atoms with Gasteiger partial charge in [0.1, 0.15) is 5.75 Å². The second kappa shape index (κ2) is 4.91. The number of piperazine rings is 1. The van der Waals surface area contributed by atoms with Crippen LogP contribution in [-0.2, 0) is 0 Å². The maximum absolute atomic E-state index is 12.5. The summed E-state index contributed by atoms with van der Waals surface area (Å²) in [6.45, 7) is 1.68. The van der Waals surface area contributed by atoms with Gasteiger partial charge in [0.15, 0.2) is 0 Å². The van der Waals surface area contributed by atoms with E-state index >= 15 is 0 Å². The molecule has 1 aliphatic carbocycles. The normalized spacial score (nSPS) is 20.4. The molecular formula is C14H15F3N2O2. The summed E-state index contributed by atoms with van der Waals surface area (Å²) in [4.78, 5) is 14.1. The van der Waals surface area contributed by atoms with Crippen LogP contribution in [0, 0.1) is 0 Å². The molecule has 0 radical (unpaired) electrons. The van der Waals surface area contributed by atoms with Crippen LogP contribution in [0.1, 0.15) is 23.2 Å². The molecule has 114 valence electrons. The van der Waals surface area contributed by atoms with Crippen molar-refractivity contribution in [1.82, 2.24) is 10.2 Å². The van der Waals surface area contributed by atoms with Crippen molar-refractivity contribution in [3.63, 3.8) is 0 Å². The van der Waals surface area contributed by atoms with E-state index in [1.54, 1.807) is 4.90 Å². The third kappa shape index (κ3) is 3.12. The molecule has 1 amide bonds. The molecule has 7 heteroatoms. The first-order valence-electron chi connectivity index (χ1n) is 6.78. The third-order valence-electron chi connectivity index (χ3n) is 3.86. The van der Waals surface area contributed by atoms with E-state index in [2.05, 4.69) is 10.1 Å². The SMILES string of the molecule is O=C(c1ccccc1OC(F)(F)F)N1CCNC2(CC2)C1. The number of alkyl halides is 3. The first-order valence-corrected chi connectivity index (χ1v) is 6.78. The molecule has 2 aliphatic rings. The van der Waals surface area contributed by atoms with Crippen LogP contribution in [0.5, 0.6) is 5.75 Å². The lowest BCUT2D eigenvalue weighted by Crippen LogP contribution is -2.54. The van der Waals surface area contributed by atoms with Gasteiger partial charge in [-0.25, -0.2) is 0 Å². The van der Waals surface area contributed by atoms with Crippen LogP contribution in [0.3, 0.4) is 0 Å². The second-order valence-corrected chi connectivity index (χ2v) is 5.48. The minimum Gasteiger partial charge on any atom is -0.405 e. The molecule has 1 saturated carbocycles. The minimum atomic E-state index is -4.81. The number of para-hydroxylation sites is 1. The molecule has 1 spiro atoms.